The lowest BCUT2D eigenvalue weighted by Gasteiger charge is -2.37. The van der Waals surface area contributed by atoms with Crippen LogP contribution < -0.4 is 0 Å². The van der Waals surface area contributed by atoms with Crippen LogP contribution in [0.3, 0.4) is 0 Å². The highest BCUT2D eigenvalue weighted by Gasteiger charge is 2.38. The molecule has 0 unspecified atom stereocenters. The molecule has 2 heterocycles. The van der Waals surface area contributed by atoms with Gasteiger partial charge in [0.2, 0.25) is 0 Å². The van der Waals surface area contributed by atoms with Gasteiger partial charge in [-0.05, 0) is 16.7 Å². The molecule has 0 aliphatic heterocycles. The molecular weight excluding hydrogens is 358 g/mol. The average Bonchev–Trinajstić information content (AvgIpc) is 3.49. The Hall–Kier alpha value is -3.99. The molecule has 29 heavy (non-hydrogen) atoms. The molecule has 0 amide bonds. The van der Waals surface area contributed by atoms with E-state index < -0.39 is 5.54 Å². The molecule has 5 heteroatoms. The molecule has 0 saturated heterocycles. The SMILES string of the molecule is c1ccc(C(c2ccccc2)(c2ccccc2)n2cnc(-c3cn[nH]n3)c2)cc1. The fourth-order valence-corrected chi connectivity index (χ4v) is 3.95. The van der Waals surface area contributed by atoms with Crippen molar-refractivity contribution in [2.75, 3.05) is 0 Å². The molecule has 0 atom stereocenters. The van der Waals surface area contributed by atoms with E-state index in [0.717, 1.165) is 22.4 Å². The van der Waals surface area contributed by atoms with Gasteiger partial charge in [-0.1, -0.05) is 91.0 Å². The average molecular weight is 377 g/mol. The van der Waals surface area contributed by atoms with Gasteiger partial charge in [-0.2, -0.15) is 15.4 Å². The summed E-state index contributed by atoms with van der Waals surface area (Å²) in [5, 5.41) is 10.8. The lowest BCUT2D eigenvalue weighted by Crippen LogP contribution is -2.36. The Labute approximate surface area is 168 Å². The topological polar surface area (TPSA) is 59.4 Å². The minimum absolute atomic E-state index is 0.571. The van der Waals surface area contributed by atoms with Gasteiger partial charge in [0.05, 0.1) is 12.5 Å². The summed E-state index contributed by atoms with van der Waals surface area (Å²) in [6, 6.07) is 31.5. The van der Waals surface area contributed by atoms with E-state index in [-0.39, 0.29) is 0 Å². The van der Waals surface area contributed by atoms with Crippen LogP contribution in [0.5, 0.6) is 0 Å². The Morgan fingerprint density at radius 1 is 0.655 bits per heavy atom. The smallest absolute Gasteiger partial charge is 0.132 e. The molecule has 1 N–H and O–H groups in total. The Balaban J connectivity index is 1.84. The second kappa shape index (κ2) is 7.20. The molecule has 0 saturated carbocycles. The van der Waals surface area contributed by atoms with E-state index in [4.69, 9.17) is 0 Å². The number of hydrogen-bond acceptors (Lipinski definition) is 3. The summed E-state index contributed by atoms with van der Waals surface area (Å²) in [4.78, 5) is 4.64. The van der Waals surface area contributed by atoms with E-state index in [9.17, 15) is 0 Å². The van der Waals surface area contributed by atoms with Crippen LogP contribution in [0.1, 0.15) is 16.7 Å². The minimum Gasteiger partial charge on any atom is -0.318 e. The maximum absolute atomic E-state index is 4.64. The number of H-pyrrole nitrogens is 1. The molecular formula is C24H19N5. The Kier molecular flexibility index (Phi) is 4.26. The van der Waals surface area contributed by atoms with E-state index in [1.807, 2.05) is 30.7 Å². The van der Waals surface area contributed by atoms with E-state index in [0.29, 0.717) is 5.69 Å². The minimum atomic E-state index is -0.571. The third kappa shape index (κ3) is 2.84. The van der Waals surface area contributed by atoms with E-state index in [1.54, 1.807) is 6.20 Å². The fourth-order valence-electron chi connectivity index (χ4n) is 3.95. The van der Waals surface area contributed by atoms with Crippen LogP contribution in [0, 0.1) is 0 Å². The fraction of sp³-hybridized carbons (Fsp3) is 0.0417. The van der Waals surface area contributed by atoms with Gasteiger partial charge < -0.3 is 4.57 Å². The second-order valence-electron chi connectivity index (χ2n) is 6.83. The summed E-state index contributed by atoms with van der Waals surface area (Å²) in [7, 11) is 0. The summed E-state index contributed by atoms with van der Waals surface area (Å²) in [5.41, 5.74) is 4.38. The Morgan fingerprint density at radius 3 is 1.62 bits per heavy atom. The highest BCUT2D eigenvalue weighted by Crippen LogP contribution is 2.41. The number of hydrogen-bond donors (Lipinski definition) is 1. The first-order valence-corrected chi connectivity index (χ1v) is 9.46. The van der Waals surface area contributed by atoms with Crippen LogP contribution in [-0.2, 0) is 5.54 Å². The molecule has 0 fully saturated rings. The third-order valence-corrected chi connectivity index (χ3v) is 5.22. The molecule has 5 aromatic rings. The van der Waals surface area contributed by atoms with Crippen LogP contribution in [0.2, 0.25) is 0 Å². The highest BCUT2D eigenvalue weighted by atomic mass is 15.3. The van der Waals surface area contributed by atoms with Gasteiger partial charge in [-0.25, -0.2) is 4.98 Å². The van der Waals surface area contributed by atoms with E-state index >= 15 is 0 Å². The molecule has 0 aliphatic rings. The molecule has 0 radical (unpaired) electrons. The van der Waals surface area contributed by atoms with Crippen molar-refractivity contribution in [3.05, 3.63) is 126 Å². The molecule has 0 aliphatic carbocycles. The van der Waals surface area contributed by atoms with Crippen LogP contribution >= 0.6 is 0 Å². The standard InChI is InChI=1S/C24H19N5/c1-4-10-19(11-5-1)24(20-12-6-2-7-13-20,21-14-8-3-9-15-21)29-17-23(25-18-29)22-16-26-28-27-22/h1-18H,(H,26,27,28). The number of aromatic nitrogens is 5. The molecule has 5 nitrogen and oxygen atoms in total. The zero-order valence-electron chi connectivity index (χ0n) is 15.7. The lowest BCUT2D eigenvalue weighted by atomic mass is 9.77. The van der Waals surface area contributed by atoms with Crippen LogP contribution in [0.25, 0.3) is 11.4 Å². The van der Waals surface area contributed by atoms with Crippen LogP contribution in [-0.4, -0.2) is 25.0 Å². The number of nitrogens with one attached hydrogen (secondary N) is 1. The third-order valence-electron chi connectivity index (χ3n) is 5.22. The molecule has 140 valence electrons. The van der Waals surface area contributed by atoms with E-state index in [2.05, 4.69) is 97.8 Å². The zero-order chi connectivity index (χ0) is 19.5. The van der Waals surface area contributed by atoms with Gasteiger partial charge in [0, 0.05) is 6.20 Å². The predicted molar refractivity (Wildman–Crippen MR) is 112 cm³/mol. The van der Waals surface area contributed by atoms with Crippen molar-refractivity contribution < 1.29 is 0 Å². The van der Waals surface area contributed by atoms with Gasteiger partial charge in [-0.15, -0.1) is 0 Å². The van der Waals surface area contributed by atoms with Crippen molar-refractivity contribution in [1.29, 1.82) is 0 Å². The number of rotatable bonds is 5. The summed E-state index contributed by atoms with van der Waals surface area (Å²) in [5.74, 6) is 0. The van der Waals surface area contributed by atoms with Crippen molar-refractivity contribution in [2.24, 2.45) is 0 Å². The molecule has 3 aromatic carbocycles. The Bertz CT molecular complexity index is 1080. The molecule has 2 aromatic heterocycles. The molecule has 0 bridgehead atoms. The summed E-state index contributed by atoms with van der Waals surface area (Å²) < 4.78 is 2.16. The zero-order valence-corrected chi connectivity index (χ0v) is 15.7. The summed E-state index contributed by atoms with van der Waals surface area (Å²) in [6.45, 7) is 0. The quantitative estimate of drug-likeness (QED) is 0.459. The first kappa shape index (κ1) is 17.1. The van der Waals surface area contributed by atoms with Crippen molar-refractivity contribution in [3.63, 3.8) is 0 Å². The monoisotopic (exact) mass is 377 g/mol. The first-order chi connectivity index (χ1) is 14.4. The van der Waals surface area contributed by atoms with Crippen molar-refractivity contribution in [1.82, 2.24) is 25.0 Å². The summed E-state index contributed by atoms with van der Waals surface area (Å²) in [6.07, 6.45) is 5.59. The lowest BCUT2D eigenvalue weighted by molar-refractivity contribution is 0.515. The second-order valence-corrected chi connectivity index (χ2v) is 6.83. The Morgan fingerprint density at radius 2 is 1.17 bits per heavy atom. The van der Waals surface area contributed by atoms with Crippen molar-refractivity contribution in [3.8, 4) is 11.4 Å². The van der Waals surface area contributed by atoms with Gasteiger partial charge in [0.15, 0.2) is 0 Å². The number of aromatic amines is 1. The van der Waals surface area contributed by atoms with Gasteiger partial charge in [0.25, 0.3) is 0 Å². The van der Waals surface area contributed by atoms with Crippen molar-refractivity contribution >= 4 is 0 Å². The molecule has 0 spiro atoms. The largest absolute Gasteiger partial charge is 0.318 e. The highest BCUT2D eigenvalue weighted by molar-refractivity contribution is 5.55. The van der Waals surface area contributed by atoms with Gasteiger partial charge in [0.1, 0.15) is 16.9 Å². The summed E-state index contributed by atoms with van der Waals surface area (Å²) >= 11 is 0. The maximum Gasteiger partial charge on any atom is 0.132 e. The number of benzene rings is 3. The molecule has 5 rings (SSSR count). The normalized spacial score (nSPS) is 11.4. The number of nitrogens with zero attached hydrogens (tertiary/aromatic N) is 4. The number of imidazole rings is 1. The van der Waals surface area contributed by atoms with Crippen LogP contribution in [0.4, 0.5) is 0 Å². The maximum atomic E-state index is 4.64. The van der Waals surface area contributed by atoms with E-state index in [1.165, 1.54) is 0 Å². The van der Waals surface area contributed by atoms with Crippen LogP contribution in [0.15, 0.2) is 110 Å². The predicted octanol–water partition coefficient (Wildman–Crippen LogP) is 4.51. The van der Waals surface area contributed by atoms with Gasteiger partial charge >= 0.3 is 0 Å². The van der Waals surface area contributed by atoms with Gasteiger partial charge in [-0.3, -0.25) is 0 Å². The first-order valence-electron chi connectivity index (χ1n) is 9.46. The van der Waals surface area contributed by atoms with Crippen molar-refractivity contribution in [2.45, 2.75) is 5.54 Å².